The van der Waals surface area contributed by atoms with Crippen LogP contribution in [-0.2, 0) is 4.79 Å². The van der Waals surface area contributed by atoms with Crippen molar-refractivity contribution in [2.45, 2.75) is 19.8 Å². The van der Waals surface area contributed by atoms with Gasteiger partial charge in [0.05, 0.1) is 11.8 Å². The first-order valence-corrected chi connectivity index (χ1v) is 6.22. The van der Waals surface area contributed by atoms with Crippen LogP contribution < -0.4 is 5.32 Å². The van der Waals surface area contributed by atoms with E-state index in [2.05, 4.69) is 5.32 Å². The van der Waals surface area contributed by atoms with Gasteiger partial charge in [0.1, 0.15) is 6.26 Å². The maximum atomic E-state index is 11.7. The number of amides is 2. The van der Waals surface area contributed by atoms with Crippen LogP contribution in [0.15, 0.2) is 23.0 Å². The predicted molar refractivity (Wildman–Crippen MR) is 66.0 cm³/mol. The van der Waals surface area contributed by atoms with Crippen molar-refractivity contribution in [2.75, 3.05) is 19.6 Å². The van der Waals surface area contributed by atoms with E-state index in [1.54, 1.807) is 13.0 Å². The number of rotatable bonds is 3. The number of carbonyl (C=O) groups excluding carboxylic acids is 2. The second-order valence-electron chi connectivity index (χ2n) is 4.67. The molecule has 1 aromatic rings. The van der Waals surface area contributed by atoms with Gasteiger partial charge in [-0.2, -0.15) is 0 Å². The third kappa shape index (κ3) is 3.12. The number of furan rings is 1. The number of piperidine rings is 1. The molecule has 0 atom stereocenters. The Morgan fingerprint density at radius 1 is 1.44 bits per heavy atom. The van der Waals surface area contributed by atoms with Crippen LogP contribution in [0.5, 0.6) is 0 Å². The Kier molecular flexibility index (Phi) is 4.02. The van der Waals surface area contributed by atoms with Crippen molar-refractivity contribution in [1.29, 1.82) is 0 Å². The second-order valence-corrected chi connectivity index (χ2v) is 4.67. The van der Waals surface area contributed by atoms with Gasteiger partial charge in [-0.3, -0.25) is 9.59 Å². The molecule has 0 aromatic carbocycles. The summed E-state index contributed by atoms with van der Waals surface area (Å²) < 4.78 is 4.86. The lowest BCUT2D eigenvalue weighted by Gasteiger charge is -2.31. The molecule has 2 rings (SSSR count). The first-order valence-electron chi connectivity index (χ1n) is 6.22. The summed E-state index contributed by atoms with van der Waals surface area (Å²) in [6, 6.07) is 1.65. The Morgan fingerprint density at radius 3 is 2.72 bits per heavy atom. The molecule has 1 N–H and O–H groups in total. The number of carbonyl (C=O) groups is 2. The predicted octanol–water partition coefficient (Wildman–Crippen LogP) is 1.27. The summed E-state index contributed by atoms with van der Waals surface area (Å²) in [7, 11) is 0. The molecule has 18 heavy (non-hydrogen) atoms. The van der Waals surface area contributed by atoms with E-state index in [1.807, 2.05) is 4.90 Å². The molecule has 0 aliphatic carbocycles. The van der Waals surface area contributed by atoms with E-state index in [0.29, 0.717) is 18.0 Å². The quantitative estimate of drug-likeness (QED) is 0.878. The van der Waals surface area contributed by atoms with E-state index >= 15 is 0 Å². The zero-order valence-corrected chi connectivity index (χ0v) is 10.5. The first-order chi connectivity index (χ1) is 8.66. The lowest BCUT2D eigenvalue weighted by molar-refractivity contribution is -0.130. The molecule has 0 saturated carbocycles. The fourth-order valence-corrected chi connectivity index (χ4v) is 2.18. The molecule has 0 spiro atoms. The maximum absolute atomic E-state index is 11.7. The molecule has 2 heterocycles. The minimum atomic E-state index is -0.0993. The molecule has 0 bridgehead atoms. The summed E-state index contributed by atoms with van der Waals surface area (Å²) in [6.45, 7) is 3.85. The Balaban J connectivity index is 1.72. The Bertz CT molecular complexity index is 406. The van der Waals surface area contributed by atoms with Gasteiger partial charge in [-0.1, -0.05) is 0 Å². The van der Waals surface area contributed by atoms with Crippen molar-refractivity contribution in [1.82, 2.24) is 10.2 Å². The lowest BCUT2D eigenvalue weighted by atomic mass is 9.96. The standard InChI is InChI=1S/C13H18N2O3/c1-10(16)15-5-2-11(3-6-15)8-14-13(17)12-4-7-18-9-12/h4,7,9,11H,2-3,5-6,8H2,1H3,(H,14,17). The van der Waals surface area contributed by atoms with E-state index in [-0.39, 0.29) is 11.8 Å². The van der Waals surface area contributed by atoms with Crippen LogP contribution >= 0.6 is 0 Å². The van der Waals surface area contributed by atoms with Crippen LogP contribution in [0, 0.1) is 5.92 Å². The topological polar surface area (TPSA) is 62.6 Å². The van der Waals surface area contributed by atoms with E-state index in [1.165, 1.54) is 12.5 Å². The normalized spacial score (nSPS) is 16.6. The van der Waals surface area contributed by atoms with Crippen molar-refractivity contribution in [3.05, 3.63) is 24.2 Å². The largest absolute Gasteiger partial charge is 0.472 e. The molecule has 5 heteroatoms. The highest BCUT2D eigenvalue weighted by Crippen LogP contribution is 2.16. The van der Waals surface area contributed by atoms with Gasteiger partial charge in [0, 0.05) is 26.6 Å². The summed E-state index contributed by atoms with van der Waals surface area (Å²) in [6.07, 6.45) is 4.82. The first kappa shape index (κ1) is 12.7. The van der Waals surface area contributed by atoms with Crippen LogP contribution in [-0.4, -0.2) is 36.3 Å². The van der Waals surface area contributed by atoms with Gasteiger partial charge in [-0.25, -0.2) is 0 Å². The number of likely N-dealkylation sites (tertiary alicyclic amines) is 1. The molecule has 1 aliphatic rings. The summed E-state index contributed by atoms with van der Waals surface area (Å²) in [5.74, 6) is 0.491. The molecule has 98 valence electrons. The van der Waals surface area contributed by atoms with E-state index in [9.17, 15) is 9.59 Å². The highest BCUT2D eigenvalue weighted by Gasteiger charge is 2.21. The average molecular weight is 250 g/mol. The molecule has 1 aromatic heterocycles. The molecule has 0 unspecified atom stereocenters. The number of hydrogen-bond acceptors (Lipinski definition) is 3. The number of hydrogen-bond donors (Lipinski definition) is 1. The zero-order chi connectivity index (χ0) is 13.0. The summed E-state index contributed by atoms with van der Waals surface area (Å²) in [5, 5.41) is 2.90. The minimum Gasteiger partial charge on any atom is -0.472 e. The SMILES string of the molecule is CC(=O)N1CCC(CNC(=O)c2ccoc2)CC1. The molecule has 1 saturated heterocycles. The fourth-order valence-electron chi connectivity index (χ4n) is 2.18. The van der Waals surface area contributed by atoms with Crippen LogP contribution in [0.1, 0.15) is 30.1 Å². The molecule has 1 aliphatic heterocycles. The van der Waals surface area contributed by atoms with Gasteiger partial charge in [0.15, 0.2) is 0 Å². The molecule has 2 amide bonds. The third-order valence-electron chi connectivity index (χ3n) is 3.39. The zero-order valence-electron chi connectivity index (χ0n) is 10.5. The molecule has 1 fully saturated rings. The third-order valence-corrected chi connectivity index (χ3v) is 3.39. The molecule has 5 nitrogen and oxygen atoms in total. The minimum absolute atomic E-state index is 0.0993. The van der Waals surface area contributed by atoms with E-state index in [4.69, 9.17) is 4.42 Å². The van der Waals surface area contributed by atoms with Crippen molar-refractivity contribution in [2.24, 2.45) is 5.92 Å². The van der Waals surface area contributed by atoms with Gasteiger partial charge in [0.2, 0.25) is 5.91 Å². The second kappa shape index (κ2) is 5.71. The Labute approximate surface area is 106 Å². The number of nitrogens with zero attached hydrogens (tertiary/aromatic N) is 1. The van der Waals surface area contributed by atoms with Crippen LogP contribution in [0.3, 0.4) is 0 Å². The highest BCUT2D eigenvalue weighted by molar-refractivity contribution is 5.93. The molecular weight excluding hydrogens is 232 g/mol. The average Bonchev–Trinajstić information content (AvgIpc) is 2.90. The van der Waals surface area contributed by atoms with E-state index < -0.39 is 0 Å². The summed E-state index contributed by atoms with van der Waals surface area (Å²) >= 11 is 0. The summed E-state index contributed by atoms with van der Waals surface area (Å²) in [4.78, 5) is 24.7. The van der Waals surface area contributed by atoms with Crippen molar-refractivity contribution in [3.8, 4) is 0 Å². The highest BCUT2D eigenvalue weighted by atomic mass is 16.3. The smallest absolute Gasteiger partial charge is 0.254 e. The van der Waals surface area contributed by atoms with Crippen molar-refractivity contribution >= 4 is 11.8 Å². The lowest BCUT2D eigenvalue weighted by Crippen LogP contribution is -2.40. The molecule has 0 radical (unpaired) electrons. The fraction of sp³-hybridized carbons (Fsp3) is 0.538. The van der Waals surface area contributed by atoms with Crippen molar-refractivity contribution < 1.29 is 14.0 Å². The van der Waals surface area contributed by atoms with Gasteiger partial charge >= 0.3 is 0 Å². The van der Waals surface area contributed by atoms with Crippen LogP contribution in [0.4, 0.5) is 0 Å². The Hall–Kier alpha value is -1.78. The monoisotopic (exact) mass is 250 g/mol. The van der Waals surface area contributed by atoms with Crippen molar-refractivity contribution in [3.63, 3.8) is 0 Å². The molecular formula is C13H18N2O3. The van der Waals surface area contributed by atoms with Gasteiger partial charge in [0.25, 0.3) is 5.91 Å². The van der Waals surface area contributed by atoms with Gasteiger partial charge in [-0.05, 0) is 24.8 Å². The summed E-state index contributed by atoms with van der Waals surface area (Å²) in [5.41, 5.74) is 0.552. The van der Waals surface area contributed by atoms with E-state index in [0.717, 1.165) is 25.9 Å². The van der Waals surface area contributed by atoms with Crippen LogP contribution in [0.2, 0.25) is 0 Å². The maximum Gasteiger partial charge on any atom is 0.254 e. The van der Waals surface area contributed by atoms with Gasteiger partial charge in [-0.15, -0.1) is 0 Å². The van der Waals surface area contributed by atoms with Gasteiger partial charge < -0.3 is 14.6 Å². The van der Waals surface area contributed by atoms with Crippen LogP contribution in [0.25, 0.3) is 0 Å². The Morgan fingerprint density at radius 2 is 2.17 bits per heavy atom. The number of nitrogens with one attached hydrogen (secondary N) is 1.